The number of furan rings is 1. The zero-order chi connectivity index (χ0) is 25.1. The minimum absolute atomic E-state index is 0.0159. The molecule has 36 heavy (non-hydrogen) atoms. The summed E-state index contributed by atoms with van der Waals surface area (Å²) in [6.45, 7) is 0. The Hall–Kier alpha value is -4.86. The minimum atomic E-state index is -4.60. The maximum atomic E-state index is 13.4. The van der Waals surface area contributed by atoms with Gasteiger partial charge in [0.15, 0.2) is 5.76 Å². The van der Waals surface area contributed by atoms with Crippen molar-refractivity contribution in [1.82, 2.24) is 9.97 Å². The maximum absolute atomic E-state index is 13.4. The molecular formula is C26H17F3N4O3. The van der Waals surface area contributed by atoms with Crippen molar-refractivity contribution in [2.45, 2.75) is 6.18 Å². The van der Waals surface area contributed by atoms with Crippen LogP contribution in [0.15, 0.2) is 95.7 Å². The Kier molecular flexibility index (Phi) is 5.99. The second-order valence-corrected chi connectivity index (χ2v) is 7.64. The molecule has 0 bridgehead atoms. The van der Waals surface area contributed by atoms with E-state index >= 15 is 0 Å². The molecule has 0 spiro atoms. The van der Waals surface area contributed by atoms with E-state index in [0.29, 0.717) is 22.5 Å². The number of ether oxygens (including phenoxy) is 1. The fraction of sp³-hybridized carbons (Fsp3) is 0.0385. The van der Waals surface area contributed by atoms with Crippen LogP contribution in [0.2, 0.25) is 0 Å². The van der Waals surface area contributed by atoms with Crippen molar-refractivity contribution in [1.29, 1.82) is 0 Å². The summed E-state index contributed by atoms with van der Waals surface area (Å²) in [7, 11) is 0. The normalized spacial score (nSPS) is 11.3. The molecule has 0 atom stereocenters. The smallest absolute Gasteiger partial charge is 0.424 e. The number of fused-ring (bicyclic) bond motifs is 1. The van der Waals surface area contributed by atoms with Crippen molar-refractivity contribution in [2.24, 2.45) is 0 Å². The number of para-hydroxylation sites is 1. The SMILES string of the molecule is O=C(Nc1cccc(Nc2cc(C(F)(F)F)nc3ccccc23)c1)c1ccc(Oc2cccnc2)o1. The molecule has 0 aliphatic carbocycles. The molecule has 3 aromatic heterocycles. The first-order chi connectivity index (χ1) is 17.3. The Labute approximate surface area is 202 Å². The van der Waals surface area contributed by atoms with E-state index in [0.717, 1.165) is 6.07 Å². The number of nitrogens with zero attached hydrogens (tertiary/aromatic N) is 2. The number of carbonyl (C=O) groups is 1. The lowest BCUT2D eigenvalue weighted by Crippen LogP contribution is -2.11. The third-order valence-electron chi connectivity index (χ3n) is 5.06. The van der Waals surface area contributed by atoms with E-state index in [1.807, 2.05) is 0 Å². The van der Waals surface area contributed by atoms with Gasteiger partial charge < -0.3 is 19.8 Å². The standard InChI is InChI=1S/C26H17F3N4O3/c27-26(28,29)23-14-21(19-8-1-2-9-20(19)33-23)31-16-5-3-6-17(13-16)32-25(34)22-10-11-24(36-22)35-18-7-4-12-30-15-18/h1-15H,(H,31,33)(H,32,34). The van der Waals surface area contributed by atoms with Gasteiger partial charge in [0.2, 0.25) is 0 Å². The molecule has 2 N–H and O–H groups in total. The van der Waals surface area contributed by atoms with Crippen molar-refractivity contribution in [2.75, 3.05) is 10.6 Å². The van der Waals surface area contributed by atoms with Crippen molar-refractivity contribution in [3.8, 4) is 11.7 Å². The summed E-state index contributed by atoms with van der Waals surface area (Å²) in [4.78, 5) is 20.3. The molecule has 10 heteroatoms. The molecule has 7 nitrogen and oxygen atoms in total. The first-order valence-corrected chi connectivity index (χ1v) is 10.7. The molecule has 0 aliphatic rings. The highest BCUT2D eigenvalue weighted by Crippen LogP contribution is 2.34. The number of alkyl halides is 3. The average Bonchev–Trinajstić information content (AvgIpc) is 3.33. The highest BCUT2D eigenvalue weighted by atomic mass is 19.4. The number of anilines is 3. The lowest BCUT2D eigenvalue weighted by Gasteiger charge is -2.14. The van der Waals surface area contributed by atoms with Crippen LogP contribution in [0.4, 0.5) is 30.2 Å². The summed E-state index contributed by atoms with van der Waals surface area (Å²) < 4.78 is 51.1. The number of halogens is 3. The molecular weight excluding hydrogens is 473 g/mol. The van der Waals surface area contributed by atoms with Crippen molar-refractivity contribution < 1.29 is 27.1 Å². The van der Waals surface area contributed by atoms with Gasteiger partial charge in [-0.25, -0.2) is 4.98 Å². The molecule has 0 saturated heterocycles. The third kappa shape index (κ3) is 5.12. The van der Waals surface area contributed by atoms with Gasteiger partial charge in [-0.2, -0.15) is 13.2 Å². The van der Waals surface area contributed by atoms with Gasteiger partial charge in [0.1, 0.15) is 11.4 Å². The molecule has 1 amide bonds. The quantitative estimate of drug-likeness (QED) is 0.266. The molecule has 0 unspecified atom stereocenters. The van der Waals surface area contributed by atoms with E-state index < -0.39 is 17.8 Å². The van der Waals surface area contributed by atoms with E-state index in [4.69, 9.17) is 9.15 Å². The molecule has 5 rings (SSSR count). The molecule has 5 aromatic rings. The molecule has 2 aromatic carbocycles. The fourth-order valence-electron chi connectivity index (χ4n) is 3.47. The lowest BCUT2D eigenvalue weighted by atomic mass is 10.1. The number of aromatic nitrogens is 2. The summed E-state index contributed by atoms with van der Waals surface area (Å²) in [5, 5.41) is 6.23. The number of hydrogen-bond donors (Lipinski definition) is 2. The predicted octanol–water partition coefficient (Wildman–Crippen LogP) is 7.03. The number of benzene rings is 2. The van der Waals surface area contributed by atoms with Gasteiger partial charge in [0, 0.05) is 29.0 Å². The van der Waals surface area contributed by atoms with Crippen LogP contribution in [0.3, 0.4) is 0 Å². The van der Waals surface area contributed by atoms with Crippen LogP contribution in [0.1, 0.15) is 16.2 Å². The van der Waals surface area contributed by atoms with Gasteiger partial charge in [0.25, 0.3) is 11.9 Å². The molecule has 0 aliphatic heterocycles. The number of pyridine rings is 2. The summed E-state index contributed by atoms with van der Waals surface area (Å²) in [6.07, 6.45) is -1.49. The maximum Gasteiger partial charge on any atom is 0.433 e. The van der Waals surface area contributed by atoms with Gasteiger partial charge in [-0.15, -0.1) is 0 Å². The topological polar surface area (TPSA) is 89.3 Å². The van der Waals surface area contributed by atoms with E-state index in [-0.39, 0.29) is 22.9 Å². The number of nitrogens with one attached hydrogen (secondary N) is 2. The Bertz CT molecular complexity index is 1530. The first-order valence-electron chi connectivity index (χ1n) is 10.7. The highest BCUT2D eigenvalue weighted by molar-refractivity contribution is 6.02. The van der Waals surface area contributed by atoms with Gasteiger partial charge in [-0.1, -0.05) is 24.3 Å². The molecule has 180 valence electrons. The molecule has 3 heterocycles. The largest absolute Gasteiger partial charge is 0.433 e. The summed E-state index contributed by atoms with van der Waals surface area (Å²) in [5.41, 5.74) is 0.319. The molecule has 0 saturated carbocycles. The third-order valence-corrected chi connectivity index (χ3v) is 5.06. The van der Waals surface area contributed by atoms with Crippen molar-refractivity contribution in [3.05, 3.63) is 103 Å². The Balaban J connectivity index is 1.34. The van der Waals surface area contributed by atoms with Crippen molar-refractivity contribution >= 4 is 33.9 Å². The number of rotatable bonds is 6. The molecule has 0 radical (unpaired) electrons. The number of carbonyl (C=O) groups excluding carboxylic acids is 1. The number of hydrogen-bond acceptors (Lipinski definition) is 6. The van der Waals surface area contributed by atoms with Gasteiger partial charge in [-0.05, 0) is 48.5 Å². The first kappa shape index (κ1) is 22.9. The second-order valence-electron chi connectivity index (χ2n) is 7.64. The Morgan fingerprint density at radius 3 is 2.56 bits per heavy atom. The summed E-state index contributed by atoms with van der Waals surface area (Å²) in [6, 6.07) is 20.4. The minimum Gasteiger partial charge on any atom is -0.424 e. The monoisotopic (exact) mass is 490 g/mol. The van der Waals surface area contributed by atoms with E-state index in [1.54, 1.807) is 60.8 Å². The molecule has 0 fully saturated rings. The van der Waals surface area contributed by atoms with E-state index in [2.05, 4.69) is 20.6 Å². The van der Waals surface area contributed by atoms with Gasteiger partial charge in [0.05, 0.1) is 17.4 Å². The highest BCUT2D eigenvalue weighted by Gasteiger charge is 2.33. The fourth-order valence-corrected chi connectivity index (χ4v) is 3.47. The predicted molar refractivity (Wildman–Crippen MR) is 127 cm³/mol. The Morgan fingerprint density at radius 2 is 1.75 bits per heavy atom. The second kappa shape index (κ2) is 9.41. The summed E-state index contributed by atoms with van der Waals surface area (Å²) >= 11 is 0. The van der Waals surface area contributed by atoms with Crippen LogP contribution in [-0.2, 0) is 6.18 Å². The number of amides is 1. The van der Waals surface area contributed by atoms with Crippen molar-refractivity contribution in [3.63, 3.8) is 0 Å². The van der Waals surface area contributed by atoms with Crippen LogP contribution in [-0.4, -0.2) is 15.9 Å². The van der Waals surface area contributed by atoms with Crippen LogP contribution in [0, 0.1) is 0 Å². The van der Waals surface area contributed by atoms with Gasteiger partial charge >= 0.3 is 6.18 Å². The zero-order valence-electron chi connectivity index (χ0n) is 18.4. The van der Waals surface area contributed by atoms with Crippen LogP contribution in [0.25, 0.3) is 10.9 Å². The average molecular weight is 490 g/mol. The lowest BCUT2D eigenvalue weighted by molar-refractivity contribution is -0.140. The van der Waals surface area contributed by atoms with Crippen LogP contribution >= 0.6 is 0 Å². The zero-order valence-corrected chi connectivity index (χ0v) is 18.4. The summed E-state index contributed by atoms with van der Waals surface area (Å²) in [5.74, 6) is 0.0626. The van der Waals surface area contributed by atoms with Crippen LogP contribution in [0.5, 0.6) is 11.7 Å². The van der Waals surface area contributed by atoms with E-state index in [9.17, 15) is 18.0 Å². The van der Waals surface area contributed by atoms with Crippen LogP contribution < -0.4 is 15.4 Å². The van der Waals surface area contributed by atoms with E-state index in [1.165, 1.54) is 24.4 Å². The van der Waals surface area contributed by atoms with Gasteiger partial charge in [-0.3, -0.25) is 9.78 Å². The Morgan fingerprint density at radius 1 is 0.917 bits per heavy atom.